The number of H-pyrrole nitrogens is 1. The molecular weight excluding hydrogens is 416 g/mol. The number of hydrogen-bond donors (Lipinski definition) is 2. The van der Waals surface area contributed by atoms with E-state index in [-0.39, 0.29) is 23.9 Å². The lowest BCUT2D eigenvalue weighted by molar-refractivity contribution is -0.116. The topological polar surface area (TPSA) is 95.2 Å². The second-order valence-corrected chi connectivity index (χ2v) is 8.10. The Balaban J connectivity index is 1.49. The number of rotatable bonds is 5. The molecule has 0 saturated heterocycles. The standard InChI is InChI=1S/C26H22N4O3/c31-24-13-11-18-14-19(10-12-21(18)28-24)26(33)30(15-17-6-2-1-3-7-17)16-23-27-22-9-5-4-8-20(22)25(32)29-23/h1-10,12,14H,11,13,15-16H2,(H,28,31)(H,27,29,32). The van der Waals surface area contributed by atoms with E-state index < -0.39 is 0 Å². The average molecular weight is 438 g/mol. The number of nitrogens with zero attached hydrogens (tertiary/aromatic N) is 2. The maximum absolute atomic E-state index is 13.6. The lowest BCUT2D eigenvalue weighted by atomic mass is 10.00. The van der Waals surface area contributed by atoms with E-state index in [0.717, 1.165) is 16.8 Å². The van der Waals surface area contributed by atoms with E-state index in [2.05, 4.69) is 15.3 Å². The van der Waals surface area contributed by atoms with Gasteiger partial charge in [-0.3, -0.25) is 14.4 Å². The molecule has 33 heavy (non-hydrogen) atoms. The van der Waals surface area contributed by atoms with Crippen molar-refractivity contribution >= 4 is 28.4 Å². The van der Waals surface area contributed by atoms with E-state index >= 15 is 0 Å². The number of para-hydroxylation sites is 1. The number of benzene rings is 3. The molecule has 3 aromatic carbocycles. The van der Waals surface area contributed by atoms with Crippen LogP contribution >= 0.6 is 0 Å². The summed E-state index contributed by atoms with van der Waals surface area (Å²) in [5.41, 5.74) is 3.55. The highest BCUT2D eigenvalue weighted by Gasteiger charge is 2.21. The van der Waals surface area contributed by atoms with E-state index in [1.54, 1.807) is 35.2 Å². The van der Waals surface area contributed by atoms with Gasteiger partial charge in [0.1, 0.15) is 5.82 Å². The second kappa shape index (κ2) is 8.70. The molecular formula is C26H22N4O3. The molecule has 0 fully saturated rings. The van der Waals surface area contributed by atoms with E-state index in [0.29, 0.717) is 41.7 Å². The number of aromatic nitrogens is 2. The molecule has 0 radical (unpaired) electrons. The molecule has 7 heteroatoms. The summed E-state index contributed by atoms with van der Waals surface area (Å²) < 4.78 is 0. The lowest BCUT2D eigenvalue weighted by Gasteiger charge is -2.24. The molecule has 1 aliphatic heterocycles. The summed E-state index contributed by atoms with van der Waals surface area (Å²) in [7, 11) is 0. The minimum atomic E-state index is -0.229. The normalized spacial score (nSPS) is 12.8. The highest BCUT2D eigenvalue weighted by molar-refractivity contribution is 5.98. The molecule has 0 spiro atoms. The molecule has 0 bridgehead atoms. The van der Waals surface area contributed by atoms with Crippen molar-refractivity contribution in [1.82, 2.24) is 14.9 Å². The van der Waals surface area contributed by atoms with Gasteiger partial charge in [-0.2, -0.15) is 0 Å². The molecule has 1 aliphatic rings. The number of aryl methyl sites for hydroxylation is 1. The first kappa shape index (κ1) is 20.6. The largest absolute Gasteiger partial charge is 0.327 e. The number of nitrogens with one attached hydrogen (secondary N) is 2. The number of hydrogen-bond acceptors (Lipinski definition) is 4. The van der Waals surface area contributed by atoms with Gasteiger partial charge in [0, 0.05) is 24.2 Å². The molecule has 0 aliphatic carbocycles. The minimum Gasteiger partial charge on any atom is -0.327 e. The lowest BCUT2D eigenvalue weighted by Crippen LogP contribution is -2.32. The third-order valence-corrected chi connectivity index (χ3v) is 5.75. The molecule has 1 aromatic heterocycles. The maximum atomic E-state index is 13.6. The molecule has 2 heterocycles. The van der Waals surface area contributed by atoms with Crippen LogP contribution in [0.25, 0.3) is 10.9 Å². The van der Waals surface area contributed by atoms with Crippen molar-refractivity contribution in [2.24, 2.45) is 0 Å². The van der Waals surface area contributed by atoms with Crippen LogP contribution in [0, 0.1) is 0 Å². The van der Waals surface area contributed by atoms with Gasteiger partial charge in [0.25, 0.3) is 11.5 Å². The Labute approximate surface area is 190 Å². The predicted octanol–water partition coefficient (Wildman–Crippen LogP) is 3.65. The van der Waals surface area contributed by atoms with Crippen molar-refractivity contribution in [1.29, 1.82) is 0 Å². The fourth-order valence-electron chi connectivity index (χ4n) is 4.09. The smallest absolute Gasteiger partial charge is 0.258 e. The van der Waals surface area contributed by atoms with Crippen LogP contribution < -0.4 is 10.9 Å². The number of fused-ring (bicyclic) bond motifs is 2. The molecule has 2 amide bonds. The fourth-order valence-corrected chi connectivity index (χ4v) is 4.09. The Morgan fingerprint density at radius 3 is 2.55 bits per heavy atom. The molecule has 7 nitrogen and oxygen atoms in total. The second-order valence-electron chi connectivity index (χ2n) is 8.10. The summed E-state index contributed by atoms with van der Waals surface area (Å²) in [6.07, 6.45) is 1.00. The van der Waals surface area contributed by atoms with E-state index in [9.17, 15) is 14.4 Å². The zero-order chi connectivity index (χ0) is 22.8. The minimum absolute atomic E-state index is 0.0152. The van der Waals surface area contributed by atoms with Gasteiger partial charge in [0.15, 0.2) is 0 Å². The zero-order valence-electron chi connectivity index (χ0n) is 17.9. The van der Waals surface area contributed by atoms with Crippen LogP contribution in [0.4, 0.5) is 5.69 Å². The molecule has 5 rings (SSSR count). The van der Waals surface area contributed by atoms with E-state index in [4.69, 9.17) is 0 Å². The number of carbonyl (C=O) groups is 2. The zero-order valence-corrected chi connectivity index (χ0v) is 17.9. The van der Waals surface area contributed by atoms with Crippen molar-refractivity contribution in [3.8, 4) is 0 Å². The number of anilines is 1. The highest BCUT2D eigenvalue weighted by atomic mass is 16.2. The SMILES string of the molecule is O=C1CCc2cc(C(=O)N(Cc3ccccc3)Cc3nc4ccccc4c(=O)[nH]3)ccc2N1. The summed E-state index contributed by atoms with van der Waals surface area (Å²) in [5.74, 6) is 0.237. The fraction of sp³-hybridized carbons (Fsp3) is 0.154. The highest BCUT2D eigenvalue weighted by Crippen LogP contribution is 2.25. The Kier molecular flexibility index (Phi) is 5.44. The van der Waals surface area contributed by atoms with Crippen molar-refractivity contribution < 1.29 is 9.59 Å². The molecule has 0 atom stereocenters. The maximum Gasteiger partial charge on any atom is 0.258 e. The monoisotopic (exact) mass is 438 g/mol. The number of carbonyl (C=O) groups excluding carboxylic acids is 2. The number of aromatic amines is 1. The van der Waals surface area contributed by atoms with Gasteiger partial charge in [-0.25, -0.2) is 4.98 Å². The molecule has 0 saturated carbocycles. The molecule has 2 N–H and O–H groups in total. The first-order valence-corrected chi connectivity index (χ1v) is 10.8. The van der Waals surface area contributed by atoms with Crippen LogP contribution in [0.3, 0.4) is 0 Å². The van der Waals surface area contributed by atoms with Crippen molar-refractivity contribution in [3.63, 3.8) is 0 Å². The van der Waals surface area contributed by atoms with Crippen LogP contribution in [-0.4, -0.2) is 26.7 Å². The Morgan fingerprint density at radius 2 is 1.70 bits per heavy atom. The summed E-state index contributed by atoms with van der Waals surface area (Å²) in [4.78, 5) is 46.8. The van der Waals surface area contributed by atoms with Crippen molar-refractivity contribution in [2.75, 3.05) is 5.32 Å². The summed E-state index contributed by atoms with van der Waals surface area (Å²) in [6, 6.07) is 22.2. The van der Waals surface area contributed by atoms with Crippen LogP contribution in [0.15, 0.2) is 77.6 Å². The van der Waals surface area contributed by atoms with Crippen LogP contribution in [-0.2, 0) is 24.3 Å². The molecule has 164 valence electrons. The summed E-state index contributed by atoms with van der Waals surface area (Å²) >= 11 is 0. The van der Waals surface area contributed by atoms with Gasteiger partial charge >= 0.3 is 0 Å². The van der Waals surface area contributed by atoms with Gasteiger partial charge in [-0.05, 0) is 47.9 Å². The van der Waals surface area contributed by atoms with Crippen molar-refractivity contribution in [2.45, 2.75) is 25.9 Å². The van der Waals surface area contributed by atoms with Crippen LogP contribution in [0.2, 0.25) is 0 Å². The van der Waals surface area contributed by atoms with Crippen LogP contribution in [0.5, 0.6) is 0 Å². The molecule has 4 aromatic rings. The van der Waals surface area contributed by atoms with Gasteiger partial charge in [-0.15, -0.1) is 0 Å². The average Bonchev–Trinajstić information content (AvgIpc) is 2.83. The van der Waals surface area contributed by atoms with Crippen molar-refractivity contribution in [3.05, 3.63) is 106 Å². The van der Waals surface area contributed by atoms with Crippen LogP contribution in [0.1, 0.15) is 33.7 Å². The quantitative estimate of drug-likeness (QED) is 0.497. The Hall–Kier alpha value is -4.26. The third kappa shape index (κ3) is 4.39. The van der Waals surface area contributed by atoms with Gasteiger partial charge in [0.05, 0.1) is 17.4 Å². The first-order chi connectivity index (χ1) is 16.1. The number of amides is 2. The van der Waals surface area contributed by atoms with Gasteiger partial charge < -0.3 is 15.2 Å². The summed E-state index contributed by atoms with van der Waals surface area (Å²) in [6.45, 7) is 0.519. The Bertz CT molecular complexity index is 1410. The van der Waals surface area contributed by atoms with E-state index in [1.165, 1.54) is 0 Å². The van der Waals surface area contributed by atoms with Gasteiger partial charge in [0.2, 0.25) is 5.91 Å². The predicted molar refractivity (Wildman–Crippen MR) is 126 cm³/mol. The third-order valence-electron chi connectivity index (χ3n) is 5.75. The Morgan fingerprint density at radius 1 is 0.909 bits per heavy atom. The molecule has 0 unspecified atom stereocenters. The first-order valence-electron chi connectivity index (χ1n) is 10.8. The van der Waals surface area contributed by atoms with E-state index in [1.807, 2.05) is 42.5 Å². The summed E-state index contributed by atoms with van der Waals surface area (Å²) in [5, 5.41) is 3.36. The van der Waals surface area contributed by atoms with Gasteiger partial charge in [-0.1, -0.05) is 42.5 Å².